The highest BCUT2D eigenvalue weighted by atomic mass is 32.2. The lowest BCUT2D eigenvalue weighted by Gasteiger charge is -2.33. The van der Waals surface area contributed by atoms with E-state index >= 15 is 0 Å². The Morgan fingerprint density at radius 2 is 1.87 bits per heavy atom. The number of piperidine rings is 1. The van der Waals surface area contributed by atoms with Crippen molar-refractivity contribution in [2.45, 2.75) is 24.2 Å². The molecule has 2 fully saturated rings. The molecule has 0 radical (unpaired) electrons. The van der Waals surface area contributed by atoms with Gasteiger partial charge in [0.1, 0.15) is 6.07 Å². The number of nitriles is 1. The molecule has 1 aromatic carbocycles. The van der Waals surface area contributed by atoms with E-state index in [9.17, 15) is 18.5 Å². The van der Waals surface area contributed by atoms with Crippen molar-refractivity contribution < 1.29 is 13.2 Å². The first-order chi connectivity index (χ1) is 15.0. The van der Waals surface area contributed by atoms with Crippen LogP contribution in [-0.2, 0) is 14.8 Å². The summed E-state index contributed by atoms with van der Waals surface area (Å²) in [4.78, 5) is 21.7. The van der Waals surface area contributed by atoms with Gasteiger partial charge < -0.3 is 9.80 Å². The molecule has 4 rings (SSSR count). The Hall–Kier alpha value is -2.48. The first-order valence-electron chi connectivity index (χ1n) is 10.4. The lowest BCUT2D eigenvalue weighted by Crippen LogP contribution is -2.45. The van der Waals surface area contributed by atoms with Crippen molar-refractivity contribution in [1.82, 2.24) is 14.2 Å². The van der Waals surface area contributed by atoms with E-state index in [4.69, 9.17) is 0 Å². The molecule has 2 aromatic rings. The predicted octanol–water partition coefficient (Wildman–Crippen LogP) is 2.15. The van der Waals surface area contributed by atoms with Gasteiger partial charge in [0, 0.05) is 56.8 Å². The van der Waals surface area contributed by atoms with Crippen LogP contribution >= 0.6 is 11.3 Å². The van der Waals surface area contributed by atoms with Crippen LogP contribution in [0.3, 0.4) is 0 Å². The van der Waals surface area contributed by atoms with E-state index in [0.717, 1.165) is 31.2 Å². The van der Waals surface area contributed by atoms with Crippen molar-refractivity contribution >= 4 is 32.4 Å². The molecule has 0 spiro atoms. The minimum Gasteiger partial charge on any atom is -0.346 e. The Morgan fingerprint density at radius 3 is 2.58 bits per heavy atom. The minimum atomic E-state index is -3.74. The number of hydrogen-bond donors (Lipinski definition) is 0. The molecule has 0 atom stereocenters. The number of benzene rings is 1. The standard InChI is InChI=1S/C21H25N5O3S2/c22-16-18-4-1-2-5-19(18)31(28,29)26-11-6-17(7-12-26)20(27)24-9-3-10-25(14-13-24)21-23-8-15-30-21/h1-2,4-5,8,15,17H,3,6-7,9-14H2. The number of aromatic nitrogens is 1. The molecule has 0 saturated carbocycles. The van der Waals surface area contributed by atoms with Crippen LogP contribution in [-0.4, -0.2) is 67.8 Å². The molecule has 0 aliphatic carbocycles. The second kappa shape index (κ2) is 9.34. The number of amides is 1. The Bertz CT molecular complexity index is 1060. The molecule has 2 aliphatic rings. The van der Waals surface area contributed by atoms with Gasteiger partial charge in [-0.05, 0) is 31.4 Å². The third kappa shape index (κ3) is 4.59. The summed E-state index contributed by atoms with van der Waals surface area (Å²) < 4.78 is 27.4. The summed E-state index contributed by atoms with van der Waals surface area (Å²) in [5, 5.41) is 12.2. The molecule has 1 aromatic heterocycles. The van der Waals surface area contributed by atoms with E-state index in [1.165, 1.54) is 16.4 Å². The van der Waals surface area contributed by atoms with E-state index < -0.39 is 10.0 Å². The third-order valence-corrected chi connectivity index (χ3v) is 8.71. The van der Waals surface area contributed by atoms with Crippen molar-refractivity contribution in [3.8, 4) is 6.07 Å². The van der Waals surface area contributed by atoms with Gasteiger partial charge >= 0.3 is 0 Å². The van der Waals surface area contributed by atoms with Crippen molar-refractivity contribution in [2.24, 2.45) is 5.92 Å². The topological polar surface area (TPSA) is 97.6 Å². The van der Waals surface area contributed by atoms with Crippen molar-refractivity contribution in [1.29, 1.82) is 5.26 Å². The molecule has 8 nitrogen and oxygen atoms in total. The molecule has 1 amide bonds. The Balaban J connectivity index is 1.36. The van der Waals surface area contributed by atoms with E-state index in [-0.39, 0.29) is 35.4 Å². The van der Waals surface area contributed by atoms with E-state index in [1.54, 1.807) is 29.7 Å². The van der Waals surface area contributed by atoms with Gasteiger partial charge in [-0.2, -0.15) is 9.57 Å². The van der Waals surface area contributed by atoms with E-state index in [2.05, 4.69) is 9.88 Å². The molecule has 0 bridgehead atoms. The van der Waals surface area contributed by atoms with Crippen LogP contribution in [0.15, 0.2) is 40.7 Å². The Morgan fingerprint density at radius 1 is 1.10 bits per heavy atom. The summed E-state index contributed by atoms with van der Waals surface area (Å²) >= 11 is 1.61. The fourth-order valence-corrected chi connectivity index (χ4v) is 6.53. The van der Waals surface area contributed by atoms with E-state index in [1.807, 2.05) is 16.3 Å². The van der Waals surface area contributed by atoms with Crippen LogP contribution in [0.4, 0.5) is 5.13 Å². The highest BCUT2D eigenvalue weighted by molar-refractivity contribution is 7.89. The molecule has 2 aliphatic heterocycles. The summed E-state index contributed by atoms with van der Waals surface area (Å²) in [7, 11) is -3.74. The zero-order valence-electron chi connectivity index (χ0n) is 17.2. The number of anilines is 1. The number of nitrogens with zero attached hydrogens (tertiary/aromatic N) is 5. The van der Waals surface area contributed by atoms with Gasteiger partial charge in [-0.25, -0.2) is 13.4 Å². The van der Waals surface area contributed by atoms with E-state index in [0.29, 0.717) is 19.4 Å². The highest BCUT2D eigenvalue weighted by Gasteiger charge is 2.35. The van der Waals surface area contributed by atoms with Crippen LogP contribution in [0, 0.1) is 17.2 Å². The monoisotopic (exact) mass is 459 g/mol. The molecule has 0 unspecified atom stereocenters. The van der Waals surface area contributed by atoms with Crippen LogP contribution in [0.2, 0.25) is 0 Å². The summed E-state index contributed by atoms with van der Waals surface area (Å²) in [5.74, 6) is -0.0421. The summed E-state index contributed by atoms with van der Waals surface area (Å²) in [5.41, 5.74) is 0.148. The molecule has 0 N–H and O–H groups in total. The second-order valence-electron chi connectivity index (χ2n) is 7.77. The van der Waals surface area contributed by atoms with Gasteiger partial charge in [0.05, 0.1) is 10.5 Å². The van der Waals surface area contributed by atoms with Crippen molar-refractivity contribution in [3.05, 3.63) is 41.4 Å². The average Bonchev–Trinajstić information content (AvgIpc) is 3.23. The quantitative estimate of drug-likeness (QED) is 0.695. The SMILES string of the molecule is N#Cc1ccccc1S(=O)(=O)N1CCC(C(=O)N2CCCN(c3nccs3)CC2)CC1. The minimum absolute atomic E-state index is 0.0390. The number of thiazole rings is 1. The zero-order chi connectivity index (χ0) is 21.8. The number of sulfonamides is 1. The maximum Gasteiger partial charge on any atom is 0.244 e. The van der Waals surface area contributed by atoms with Crippen LogP contribution < -0.4 is 4.90 Å². The van der Waals surface area contributed by atoms with Gasteiger partial charge in [-0.15, -0.1) is 11.3 Å². The van der Waals surface area contributed by atoms with Crippen molar-refractivity contribution in [3.63, 3.8) is 0 Å². The molecular formula is C21H25N5O3S2. The molecule has 10 heteroatoms. The average molecular weight is 460 g/mol. The Labute approximate surface area is 186 Å². The van der Waals surface area contributed by atoms with Crippen molar-refractivity contribution in [2.75, 3.05) is 44.2 Å². The summed E-state index contributed by atoms with van der Waals surface area (Å²) in [6.45, 7) is 3.60. The smallest absolute Gasteiger partial charge is 0.244 e. The molecule has 164 valence electrons. The molecule has 3 heterocycles. The third-order valence-electron chi connectivity index (χ3n) is 5.93. The summed E-state index contributed by atoms with van der Waals surface area (Å²) in [6.07, 6.45) is 3.69. The maximum atomic E-state index is 13.1. The van der Waals surface area contributed by atoms with Gasteiger partial charge in [-0.3, -0.25) is 4.79 Å². The zero-order valence-corrected chi connectivity index (χ0v) is 18.8. The largest absolute Gasteiger partial charge is 0.346 e. The molecule has 31 heavy (non-hydrogen) atoms. The lowest BCUT2D eigenvalue weighted by atomic mass is 9.96. The summed E-state index contributed by atoms with van der Waals surface area (Å²) in [6, 6.07) is 8.21. The van der Waals surface area contributed by atoms with Gasteiger partial charge in [-0.1, -0.05) is 12.1 Å². The Kier molecular flexibility index (Phi) is 6.55. The number of carbonyl (C=O) groups is 1. The van der Waals surface area contributed by atoms with Gasteiger partial charge in [0.25, 0.3) is 0 Å². The first kappa shape index (κ1) is 21.7. The van der Waals surface area contributed by atoms with Gasteiger partial charge in [0.15, 0.2) is 5.13 Å². The maximum absolute atomic E-state index is 13.1. The number of rotatable bonds is 4. The first-order valence-corrected chi connectivity index (χ1v) is 12.7. The fraction of sp³-hybridized carbons (Fsp3) is 0.476. The number of carbonyl (C=O) groups excluding carboxylic acids is 1. The number of hydrogen-bond acceptors (Lipinski definition) is 7. The van der Waals surface area contributed by atoms with Gasteiger partial charge in [0.2, 0.25) is 15.9 Å². The predicted molar refractivity (Wildman–Crippen MR) is 118 cm³/mol. The van der Waals surface area contributed by atoms with Crippen LogP contribution in [0.5, 0.6) is 0 Å². The molecule has 2 saturated heterocycles. The molecular weight excluding hydrogens is 434 g/mol. The second-order valence-corrected chi connectivity index (χ2v) is 10.5. The highest BCUT2D eigenvalue weighted by Crippen LogP contribution is 2.27. The van der Waals surface area contributed by atoms with Crippen LogP contribution in [0.1, 0.15) is 24.8 Å². The lowest BCUT2D eigenvalue weighted by molar-refractivity contribution is -0.136. The fourth-order valence-electron chi connectivity index (χ4n) is 4.23. The normalized spacial score (nSPS) is 19.1. The van der Waals surface area contributed by atoms with Crippen LogP contribution in [0.25, 0.3) is 0 Å².